The highest BCUT2D eigenvalue weighted by Crippen LogP contribution is 2.29. The fraction of sp³-hybridized carbons (Fsp3) is 0.130. The molecule has 0 bridgehead atoms. The van der Waals surface area contributed by atoms with E-state index < -0.39 is 6.04 Å². The molecule has 0 saturated heterocycles. The normalized spacial score (nSPS) is 11.9. The number of imidazole rings is 1. The summed E-state index contributed by atoms with van der Waals surface area (Å²) in [5.41, 5.74) is 1.46. The fourth-order valence-electron chi connectivity index (χ4n) is 3.39. The SMILES string of the molecule is COc1ccccc1C(NC(=O)c1ccc2ccccc2c1)c1nccn1C. The third-order valence-electron chi connectivity index (χ3n) is 4.85. The van der Waals surface area contributed by atoms with Crippen molar-refractivity contribution in [3.63, 3.8) is 0 Å². The van der Waals surface area contributed by atoms with Crippen LogP contribution < -0.4 is 10.1 Å². The monoisotopic (exact) mass is 371 g/mol. The van der Waals surface area contributed by atoms with Crippen molar-refractivity contribution in [2.24, 2.45) is 7.05 Å². The van der Waals surface area contributed by atoms with E-state index in [0.29, 0.717) is 11.3 Å². The minimum atomic E-state index is -0.435. The number of hydrogen-bond donors (Lipinski definition) is 1. The van der Waals surface area contributed by atoms with Gasteiger partial charge in [0.1, 0.15) is 17.6 Å². The molecule has 5 heteroatoms. The number of aryl methyl sites for hydroxylation is 1. The van der Waals surface area contributed by atoms with Crippen LogP contribution in [0.25, 0.3) is 10.8 Å². The van der Waals surface area contributed by atoms with E-state index in [-0.39, 0.29) is 5.91 Å². The van der Waals surface area contributed by atoms with Gasteiger partial charge in [0.05, 0.1) is 7.11 Å². The van der Waals surface area contributed by atoms with Crippen molar-refractivity contribution in [3.8, 4) is 5.75 Å². The van der Waals surface area contributed by atoms with Crippen molar-refractivity contribution in [1.82, 2.24) is 14.9 Å². The number of fused-ring (bicyclic) bond motifs is 1. The lowest BCUT2D eigenvalue weighted by atomic mass is 10.0. The van der Waals surface area contributed by atoms with Gasteiger partial charge < -0.3 is 14.6 Å². The molecule has 1 aromatic heterocycles. The van der Waals surface area contributed by atoms with Crippen LogP contribution in [0.3, 0.4) is 0 Å². The van der Waals surface area contributed by atoms with Crippen molar-refractivity contribution >= 4 is 16.7 Å². The zero-order chi connectivity index (χ0) is 19.5. The summed E-state index contributed by atoms with van der Waals surface area (Å²) in [5, 5.41) is 5.26. The van der Waals surface area contributed by atoms with Crippen LogP contribution in [0.4, 0.5) is 0 Å². The summed E-state index contributed by atoms with van der Waals surface area (Å²) in [5.74, 6) is 1.28. The maximum atomic E-state index is 13.1. The largest absolute Gasteiger partial charge is 0.496 e. The molecule has 1 unspecified atom stereocenters. The average molecular weight is 371 g/mol. The Morgan fingerprint density at radius 1 is 1.04 bits per heavy atom. The molecule has 0 spiro atoms. The maximum Gasteiger partial charge on any atom is 0.252 e. The van der Waals surface area contributed by atoms with Gasteiger partial charge in [-0.15, -0.1) is 0 Å². The van der Waals surface area contributed by atoms with E-state index in [9.17, 15) is 4.79 Å². The molecule has 1 N–H and O–H groups in total. The molecule has 0 radical (unpaired) electrons. The summed E-state index contributed by atoms with van der Waals surface area (Å²) in [6, 6.07) is 20.9. The molecule has 0 saturated carbocycles. The topological polar surface area (TPSA) is 56.1 Å². The first kappa shape index (κ1) is 17.8. The maximum absolute atomic E-state index is 13.1. The molecule has 28 heavy (non-hydrogen) atoms. The molecule has 0 fully saturated rings. The van der Waals surface area contributed by atoms with Gasteiger partial charge in [-0.3, -0.25) is 4.79 Å². The van der Waals surface area contributed by atoms with Gasteiger partial charge in [-0.1, -0.05) is 48.5 Å². The molecular weight excluding hydrogens is 350 g/mol. The molecule has 1 heterocycles. The zero-order valence-electron chi connectivity index (χ0n) is 15.8. The minimum absolute atomic E-state index is 0.162. The lowest BCUT2D eigenvalue weighted by Gasteiger charge is -2.21. The molecule has 5 nitrogen and oxygen atoms in total. The summed E-state index contributed by atoms with van der Waals surface area (Å²) in [4.78, 5) is 17.5. The Hall–Kier alpha value is -3.60. The zero-order valence-corrected chi connectivity index (χ0v) is 15.8. The highest BCUT2D eigenvalue weighted by Gasteiger charge is 2.24. The summed E-state index contributed by atoms with van der Waals surface area (Å²) in [6.45, 7) is 0. The standard InChI is InChI=1S/C23H21N3O2/c1-26-14-13-24-22(26)21(19-9-5-6-10-20(19)28-2)25-23(27)18-12-11-16-7-3-4-8-17(16)15-18/h3-15,21H,1-2H3,(H,25,27). The third-order valence-corrected chi connectivity index (χ3v) is 4.85. The Labute approximate surface area is 163 Å². The van der Waals surface area contributed by atoms with E-state index in [1.54, 1.807) is 13.3 Å². The van der Waals surface area contributed by atoms with Crippen LogP contribution >= 0.6 is 0 Å². The summed E-state index contributed by atoms with van der Waals surface area (Å²) in [6.07, 6.45) is 3.58. The van der Waals surface area contributed by atoms with Crippen molar-refractivity contribution < 1.29 is 9.53 Å². The molecule has 4 aromatic rings. The molecular formula is C23H21N3O2. The lowest BCUT2D eigenvalue weighted by Crippen LogP contribution is -2.31. The number of methoxy groups -OCH3 is 1. The molecule has 3 aromatic carbocycles. The number of amides is 1. The van der Waals surface area contributed by atoms with Crippen molar-refractivity contribution in [2.45, 2.75) is 6.04 Å². The molecule has 0 aliphatic carbocycles. The van der Waals surface area contributed by atoms with Gasteiger partial charge in [-0.05, 0) is 29.0 Å². The highest BCUT2D eigenvalue weighted by atomic mass is 16.5. The Balaban J connectivity index is 1.72. The van der Waals surface area contributed by atoms with Gasteiger partial charge in [-0.2, -0.15) is 0 Å². The first-order valence-electron chi connectivity index (χ1n) is 9.07. The molecule has 140 valence electrons. The second-order valence-corrected chi connectivity index (χ2v) is 6.61. The van der Waals surface area contributed by atoms with Gasteiger partial charge in [-0.25, -0.2) is 4.98 Å². The van der Waals surface area contributed by atoms with Crippen LogP contribution in [0.5, 0.6) is 5.75 Å². The Morgan fingerprint density at radius 3 is 2.54 bits per heavy atom. The number of carbonyl (C=O) groups is 1. The van der Waals surface area contributed by atoms with E-state index >= 15 is 0 Å². The number of carbonyl (C=O) groups excluding carboxylic acids is 1. The number of hydrogen-bond acceptors (Lipinski definition) is 3. The van der Waals surface area contributed by atoms with Gasteiger partial charge in [0.15, 0.2) is 0 Å². The quantitative estimate of drug-likeness (QED) is 0.575. The smallest absolute Gasteiger partial charge is 0.252 e. The lowest BCUT2D eigenvalue weighted by molar-refractivity contribution is 0.0941. The number of nitrogens with zero attached hydrogens (tertiary/aromatic N) is 2. The third kappa shape index (κ3) is 3.34. The van der Waals surface area contributed by atoms with E-state index in [0.717, 1.165) is 22.2 Å². The Bertz CT molecular complexity index is 1130. The van der Waals surface area contributed by atoms with Gasteiger partial charge in [0.25, 0.3) is 5.91 Å². The number of para-hydroxylation sites is 1. The number of benzene rings is 3. The van der Waals surface area contributed by atoms with E-state index in [2.05, 4.69) is 10.3 Å². The number of ether oxygens (including phenoxy) is 1. The molecule has 1 atom stereocenters. The molecule has 1 amide bonds. The Morgan fingerprint density at radius 2 is 1.79 bits per heavy atom. The predicted octanol–water partition coefficient (Wildman–Crippen LogP) is 4.10. The van der Waals surface area contributed by atoms with Crippen LogP contribution in [-0.4, -0.2) is 22.6 Å². The van der Waals surface area contributed by atoms with Gasteiger partial charge in [0.2, 0.25) is 0 Å². The summed E-state index contributed by atoms with van der Waals surface area (Å²) < 4.78 is 7.42. The average Bonchev–Trinajstić information content (AvgIpc) is 3.17. The summed E-state index contributed by atoms with van der Waals surface area (Å²) >= 11 is 0. The second-order valence-electron chi connectivity index (χ2n) is 6.61. The van der Waals surface area contributed by atoms with Crippen LogP contribution in [0.15, 0.2) is 79.1 Å². The second kappa shape index (κ2) is 7.56. The van der Waals surface area contributed by atoms with Crippen molar-refractivity contribution in [1.29, 1.82) is 0 Å². The van der Waals surface area contributed by atoms with E-state index in [4.69, 9.17) is 4.74 Å². The van der Waals surface area contributed by atoms with Crippen LogP contribution in [0.2, 0.25) is 0 Å². The van der Waals surface area contributed by atoms with Crippen molar-refractivity contribution in [2.75, 3.05) is 7.11 Å². The minimum Gasteiger partial charge on any atom is -0.496 e. The molecule has 4 rings (SSSR count). The van der Waals surface area contributed by atoms with E-state index in [1.807, 2.05) is 84.5 Å². The Kier molecular flexibility index (Phi) is 4.81. The van der Waals surface area contributed by atoms with Gasteiger partial charge >= 0.3 is 0 Å². The first-order chi connectivity index (χ1) is 13.7. The first-order valence-corrected chi connectivity index (χ1v) is 9.07. The van der Waals surface area contributed by atoms with Crippen LogP contribution in [0, 0.1) is 0 Å². The number of nitrogens with one attached hydrogen (secondary N) is 1. The number of aromatic nitrogens is 2. The predicted molar refractivity (Wildman–Crippen MR) is 109 cm³/mol. The van der Waals surface area contributed by atoms with Gasteiger partial charge in [0, 0.05) is 30.6 Å². The fourth-order valence-corrected chi connectivity index (χ4v) is 3.39. The number of rotatable bonds is 5. The van der Waals surface area contributed by atoms with Crippen LogP contribution in [-0.2, 0) is 7.05 Å². The highest BCUT2D eigenvalue weighted by molar-refractivity contribution is 5.98. The summed E-state index contributed by atoms with van der Waals surface area (Å²) in [7, 11) is 3.53. The molecule has 0 aliphatic rings. The van der Waals surface area contributed by atoms with Crippen molar-refractivity contribution in [3.05, 3.63) is 96.1 Å². The molecule has 0 aliphatic heterocycles. The van der Waals surface area contributed by atoms with Crippen LogP contribution in [0.1, 0.15) is 27.8 Å². The van der Waals surface area contributed by atoms with E-state index in [1.165, 1.54) is 0 Å².